The van der Waals surface area contributed by atoms with Gasteiger partial charge in [-0.2, -0.15) is 0 Å². The summed E-state index contributed by atoms with van der Waals surface area (Å²) in [4.78, 5) is 25.0. The Morgan fingerprint density at radius 2 is 1.41 bits per heavy atom. The van der Waals surface area contributed by atoms with Crippen LogP contribution < -0.4 is 29.6 Å². The summed E-state index contributed by atoms with van der Waals surface area (Å²) < 4.78 is 21.5. The molecule has 0 fully saturated rings. The normalized spacial score (nSPS) is 10.8. The minimum atomic E-state index is -0.360. The van der Waals surface area contributed by atoms with E-state index < -0.39 is 0 Å². The zero-order valence-corrected chi connectivity index (χ0v) is 21.5. The zero-order valence-electron chi connectivity index (χ0n) is 21.5. The largest absolute Gasteiger partial charge is 0.496 e. The minimum Gasteiger partial charge on any atom is -0.496 e. The van der Waals surface area contributed by atoms with E-state index in [0.29, 0.717) is 45.5 Å². The Balaban J connectivity index is 1.72. The van der Waals surface area contributed by atoms with Gasteiger partial charge in [0.25, 0.3) is 0 Å². The molecule has 0 aliphatic carbocycles. The van der Waals surface area contributed by atoms with E-state index in [1.54, 1.807) is 55.7 Å². The van der Waals surface area contributed by atoms with E-state index in [9.17, 15) is 9.59 Å². The van der Waals surface area contributed by atoms with E-state index in [-0.39, 0.29) is 11.7 Å². The minimum absolute atomic E-state index is 0.134. The van der Waals surface area contributed by atoms with E-state index in [1.165, 1.54) is 39.7 Å². The lowest BCUT2D eigenvalue weighted by Crippen LogP contribution is -2.08. The fourth-order valence-corrected chi connectivity index (χ4v) is 3.46. The summed E-state index contributed by atoms with van der Waals surface area (Å²) in [5.74, 6) is 1.63. The van der Waals surface area contributed by atoms with E-state index in [0.717, 1.165) is 5.56 Å². The first-order valence-electron chi connectivity index (χ1n) is 11.4. The number of allylic oxidation sites excluding steroid dienone is 1. The van der Waals surface area contributed by atoms with Crippen LogP contribution in [-0.4, -0.2) is 40.1 Å². The van der Waals surface area contributed by atoms with Gasteiger partial charge < -0.3 is 29.6 Å². The maximum absolute atomic E-state index is 12.6. The standard InChI is InChI=1S/C29H30N2O6/c1-19-6-8-20(9-7-19)25(32)14-15-30-24-16-21(10-12-26(24)35-3)31-29(33)13-11-23-27(36-4)17-22(34-2)18-28(23)37-5/h6-18,30H,1-5H3,(H,31,33). The second-order valence-corrected chi connectivity index (χ2v) is 7.89. The fraction of sp³-hybridized carbons (Fsp3) is 0.172. The molecule has 3 aromatic carbocycles. The molecule has 0 spiro atoms. The Hall–Kier alpha value is -4.72. The molecule has 0 atom stereocenters. The van der Waals surface area contributed by atoms with Crippen molar-refractivity contribution in [1.29, 1.82) is 0 Å². The highest BCUT2D eigenvalue weighted by Gasteiger charge is 2.12. The van der Waals surface area contributed by atoms with Crippen molar-refractivity contribution in [1.82, 2.24) is 0 Å². The quantitative estimate of drug-likeness (QED) is 0.264. The van der Waals surface area contributed by atoms with Crippen LogP contribution in [0.2, 0.25) is 0 Å². The molecule has 37 heavy (non-hydrogen) atoms. The zero-order chi connectivity index (χ0) is 26.8. The van der Waals surface area contributed by atoms with Crippen molar-refractivity contribution in [3.05, 3.63) is 89.6 Å². The van der Waals surface area contributed by atoms with Crippen LogP contribution in [0.3, 0.4) is 0 Å². The third kappa shape index (κ3) is 7.14. The highest BCUT2D eigenvalue weighted by molar-refractivity contribution is 6.05. The fourth-order valence-electron chi connectivity index (χ4n) is 3.46. The number of carbonyl (C=O) groups is 2. The molecule has 2 N–H and O–H groups in total. The van der Waals surface area contributed by atoms with Crippen molar-refractivity contribution in [2.75, 3.05) is 39.1 Å². The molecule has 1 amide bonds. The molecule has 192 valence electrons. The predicted molar refractivity (Wildman–Crippen MR) is 145 cm³/mol. The summed E-state index contributed by atoms with van der Waals surface area (Å²) in [6.45, 7) is 1.96. The molecule has 0 saturated heterocycles. The maximum atomic E-state index is 12.6. The lowest BCUT2D eigenvalue weighted by molar-refractivity contribution is -0.111. The van der Waals surface area contributed by atoms with Gasteiger partial charge in [-0.15, -0.1) is 0 Å². The van der Waals surface area contributed by atoms with Gasteiger partial charge in [-0.1, -0.05) is 29.8 Å². The molecule has 0 aliphatic heterocycles. The van der Waals surface area contributed by atoms with E-state index in [2.05, 4.69) is 10.6 Å². The molecule has 8 nitrogen and oxygen atoms in total. The smallest absolute Gasteiger partial charge is 0.248 e. The molecule has 3 rings (SSSR count). The van der Waals surface area contributed by atoms with Crippen molar-refractivity contribution >= 4 is 29.1 Å². The van der Waals surface area contributed by atoms with Gasteiger partial charge in [-0.05, 0) is 31.2 Å². The van der Waals surface area contributed by atoms with E-state index in [1.807, 2.05) is 19.1 Å². The number of amides is 1. The third-order valence-electron chi connectivity index (χ3n) is 5.43. The molecule has 0 unspecified atom stereocenters. The lowest BCUT2D eigenvalue weighted by Gasteiger charge is -2.13. The number of anilines is 2. The van der Waals surface area contributed by atoms with Crippen molar-refractivity contribution in [2.45, 2.75) is 6.92 Å². The average Bonchev–Trinajstić information content (AvgIpc) is 2.91. The van der Waals surface area contributed by atoms with Crippen LogP contribution >= 0.6 is 0 Å². The highest BCUT2D eigenvalue weighted by atomic mass is 16.5. The van der Waals surface area contributed by atoms with Crippen LogP contribution in [0.5, 0.6) is 23.0 Å². The summed E-state index contributed by atoms with van der Waals surface area (Å²) in [6.07, 6.45) is 5.96. The van der Waals surface area contributed by atoms with Crippen LogP contribution in [0, 0.1) is 6.92 Å². The second kappa shape index (κ2) is 12.8. The summed E-state index contributed by atoms with van der Waals surface area (Å²) >= 11 is 0. The van der Waals surface area contributed by atoms with Gasteiger partial charge >= 0.3 is 0 Å². The Kier molecular flexibility index (Phi) is 9.32. The number of nitrogens with one attached hydrogen (secondary N) is 2. The van der Waals surface area contributed by atoms with Gasteiger partial charge in [0.2, 0.25) is 5.91 Å². The maximum Gasteiger partial charge on any atom is 0.248 e. The summed E-state index contributed by atoms with van der Waals surface area (Å²) in [6, 6.07) is 15.9. The molecule has 0 aromatic heterocycles. The van der Waals surface area contributed by atoms with Crippen LogP contribution in [-0.2, 0) is 4.79 Å². The monoisotopic (exact) mass is 502 g/mol. The number of rotatable bonds is 11. The van der Waals surface area contributed by atoms with Gasteiger partial charge in [0.05, 0.1) is 39.7 Å². The number of methoxy groups -OCH3 is 4. The molecule has 0 aliphatic rings. The average molecular weight is 503 g/mol. The summed E-state index contributed by atoms with van der Waals surface area (Å²) in [5.41, 5.74) is 3.38. The Morgan fingerprint density at radius 1 is 0.757 bits per heavy atom. The number of carbonyl (C=O) groups excluding carboxylic acids is 2. The first-order valence-corrected chi connectivity index (χ1v) is 11.4. The topological polar surface area (TPSA) is 95.1 Å². The van der Waals surface area contributed by atoms with Crippen LogP contribution in [0.15, 0.2) is 72.9 Å². The molecule has 0 saturated carbocycles. The number of hydrogen-bond acceptors (Lipinski definition) is 7. The Labute approximate surface area is 216 Å². The van der Waals surface area contributed by atoms with E-state index >= 15 is 0 Å². The molecule has 3 aromatic rings. The van der Waals surface area contributed by atoms with Crippen LogP contribution in [0.1, 0.15) is 21.5 Å². The van der Waals surface area contributed by atoms with Gasteiger partial charge in [0.15, 0.2) is 5.78 Å². The van der Waals surface area contributed by atoms with E-state index in [4.69, 9.17) is 18.9 Å². The SMILES string of the molecule is COc1cc(OC)c(C=CC(=O)Nc2ccc(OC)c(NC=CC(=O)c3ccc(C)cc3)c2)c(OC)c1. The number of hydrogen-bond donors (Lipinski definition) is 2. The number of ketones is 1. The van der Waals surface area contributed by atoms with Gasteiger partial charge in [-0.25, -0.2) is 0 Å². The van der Waals surface area contributed by atoms with Gasteiger partial charge in [-0.3, -0.25) is 9.59 Å². The molecule has 0 heterocycles. The van der Waals surface area contributed by atoms with Crippen molar-refractivity contribution < 1.29 is 28.5 Å². The second-order valence-electron chi connectivity index (χ2n) is 7.89. The van der Waals surface area contributed by atoms with Crippen LogP contribution in [0.4, 0.5) is 11.4 Å². The molecule has 0 bridgehead atoms. The first-order chi connectivity index (χ1) is 17.9. The van der Waals surface area contributed by atoms with Gasteiger partial charge in [0.1, 0.15) is 23.0 Å². The molecule has 0 radical (unpaired) electrons. The molecular formula is C29H30N2O6. The number of ether oxygens (including phenoxy) is 4. The lowest BCUT2D eigenvalue weighted by atomic mass is 10.1. The van der Waals surface area contributed by atoms with Gasteiger partial charge in [0, 0.05) is 41.7 Å². The summed E-state index contributed by atoms with van der Waals surface area (Å²) in [5, 5.41) is 5.86. The van der Waals surface area contributed by atoms with Crippen molar-refractivity contribution in [2.24, 2.45) is 0 Å². The molecule has 8 heteroatoms. The number of benzene rings is 3. The highest BCUT2D eigenvalue weighted by Crippen LogP contribution is 2.35. The van der Waals surface area contributed by atoms with Crippen molar-refractivity contribution in [3.8, 4) is 23.0 Å². The third-order valence-corrected chi connectivity index (χ3v) is 5.43. The summed E-state index contributed by atoms with van der Waals surface area (Å²) in [7, 11) is 6.14. The number of aryl methyl sites for hydroxylation is 1. The Morgan fingerprint density at radius 3 is 2.00 bits per heavy atom. The van der Waals surface area contributed by atoms with Crippen LogP contribution in [0.25, 0.3) is 6.08 Å². The first kappa shape index (κ1) is 26.9. The molecular weight excluding hydrogens is 472 g/mol. The van der Waals surface area contributed by atoms with Crippen molar-refractivity contribution in [3.63, 3.8) is 0 Å². The Bertz CT molecular complexity index is 1290. The predicted octanol–water partition coefficient (Wildman–Crippen LogP) is 5.49.